The zero-order valence-corrected chi connectivity index (χ0v) is 15.2. The smallest absolute Gasteiger partial charge is 0.191 e. The van der Waals surface area contributed by atoms with E-state index < -0.39 is 5.60 Å². The maximum atomic E-state index is 10.4. The molecule has 1 saturated heterocycles. The van der Waals surface area contributed by atoms with Crippen molar-refractivity contribution in [2.24, 2.45) is 10.9 Å². The number of rotatable bonds is 9. The van der Waals surface area contributed by atoms with Crippen LogP contribution in [0.1, 0.15) is 51.9 Å². The van der Waals surface area contributed by atoms with Crippen molar-refractivity contribution in [3.05, 3.63) is 0 Å². The van der Waals surface area contributed by atoms with Crippen LogP contribution in [-0.4, -0.2) is 62.7 Å². The normalized spacial score (nSPS) is 21.8. The van der Waals surface area contributed by atoms with Crippen LogP contribution in [0.5, 0.6) is 0 Å². The largest absolute Gasteiger partial charge is 0.388 e. The summed E-state index contributed by atoms with van der Waals surface area (Å²) in [6.07, 6.45) is 7.17. The Kier molecular flexibility index (Phi) is 8.84. The van der Waals surface area contributed by atoms with Gasteiger partial charge >= 0.3 is 0 Å². The Labute approximate surface area is 146 Å². The van der Waals surface area contributed by atoms with Crippen LogP contribution >= 0.6 is 0 Å². The highest BCUT2D eigenvalue weighted by molar-refractivity contribution is 5.79. The number of guanidine groups is 1. The van der Waals surface area contributed by atoms with Crippen LogP contribution in [-0.2, 0) is 9.47 Å². The standard InChI is InChI=1S/C18H35N3O3/c1-2-19-17(21-15-18(22)8-3-4-9-18)20-10-5-11-24-14-16-6-12-23-13-7-16/h16,22H,2-15H2,1H3,(H2,19,20,21). The summed E-state index contributed by atoms with van der Waals surface area (Å²) in [5.74, 6) is 1.46. The molecule has 1 heterocycles. The third-order valence-electron chi connectivity index (χ3n) is 4.86. The van der Waals surface area contributed by atoms with Gasteiger partial charge in [-0.15, -0.1) is 0 Å². The minimum absolute atomic E-state index is 0.489. The SMILES string of the molecule is CCNC(=NCC1(O)CCCC1)NCCCOCC1CCOCC1. The minimum Gasteiger partial charge on any atom is -0.388 e. The molecule has 2 aliphatic rings. The first-order valence-corrected chi connectivity index (χ1v) is 9.62. The van der Waals surface area contributed by atoms with Crippen LogP contribution < -0.4 is 10.6 Å². The lowest BCUT2D eigenvalue weighted by Crippen LogP contribution is -2.40. The molecule has 6 heteroatoms. The van der Waals surface area contributed by atoms with E-state index >= 15 is 0 Å². The summed E-state index contributed by atoms with van der Waals surface area (Å²) in [7, 11) is 0. The van der Waals surface area contributed by atoms with E-state index in [-0.39, 0.29) is 0 Å². The molecule has 0 spiro atoms. The summed E-state index contributed by atoms with van der Waals surface area (Å²) in [5.41, 5.74) is -0.588. The quantitative estimate of drug-likeness (QED) is 0.338. The summed E-state index contributed by atoms with van der Waals surface area (Å²) < 4.78 is 11.1. The van der Waals surface area contributed by atoms with Gasteiger partial charge in [-0.05, 0) is 44.9 Å². The Morgan fingerprint density at radius 2 is 2.00 bits per heavy atom. The lowest BCUT2D eigenvalue weighted by atomic mass is 10.0. The van der Waals surface area contributed by atoms with Crippen LogP contribution in [0, 0.1) is 5.92 Å². The van der Waals surface area contributed by atoms with Crippen molar-refractivity contribution in [2.45, 2.75) is 57.5 Å². The van der Waals surface area contributed by atoms with E-state index in [0.717, 1.165) is 90.4 Å². The summed E-state index contributed by atoms with van der Waals surface area (Å²) >= 11 is 0. The molecule has 6 nitrogen and oxygen atoms in total. The molecule has 0 bridgehead atoms. The Hall–Kier alpha value is -0.850. The highest BCUT2D eigenvalue weighted by atomic mass is 16.5. The Balaban J connectivity index is 1.57. The van der Waals surface area contributed by atoms with Crippen molar-refractivity contribution in [3.8, 4) is 0 Å². The number of nitrogens with zero attached hydrogens (tertiary/aromatic N) is 1. The molecule has 1 saturated carbocycles. The van der Waals surface area contributed by atoms with Gasteiger partial charge in [-0.25, -0.2) is 0 Å². The molecule has 24 heavy (non-hydrogen) atoms. The van der Waals surface area contributed by atoms with Crippen LogP contribution in [0.25, 0.3) is 0 Å². The lowest BCUT2D eigenvalue weighted by Gasteiger charge is -2.22. The van der Waals surface area contributed by atoms with Crippen LogP contribution in [0.3, 0.4) is 0 Å². The van der Waals surface area contributed by atoms with E-state index in [9.17, 15) is 5.11 Å². The minimum atomic E-state index is -0.588. The molecule has 1 aliphatic heterocycles. The Bertz CT molecular complexity index is 365. The molecule has 0 aromatic heterocycles. The van der Waals surface area contributed by atoms with Crippen molar-refractivity contribution in [2.75, 3.05) is 46.1 Å². The van der Waals surface area contributed by atoms with E-state index in [2.05, 4.69) is 22.5 Å². The predicted octanol–water partition coefficient (Wildman–Crippen LogP) is 1.68. The van der Waals surface area contributed by atoms with Crippen LogP contribution in [0.2, 0.25) is 0 Å². The number of aliphatic hydroxyl groups is 1. The summed E-state index contributed by atoms with van der Waals surface area (Å²) in [4.78, 5) is 4.55. The number of ether oxygens (including phenoxy) is 2. The molecule has 0 atom stereocenters. The summed E-state index contributed by atoms with van der Waals surface area (Å²) in [5, 5.41) is 16.9. The molecular formula is C18H35N3O3. The molecule has 0 aromatic carbocycles. The fraction of sp³-hybridized carbons (Fsp3) is 0.944. The maximum absolute atomic E-state index is 10.4. The molecule has 0 radical (unpaired) electrons. The highest BCUT2D eigenvalue weighted by Crippen LogP contribution is 2.29. The van der Waals surface area contributed by atoms with Gasteiger partial charge in [0.2, 0.25) is 0 Å². The second-order valence-corrected chi connectivity index (χ2v) is 7.04. The second-order valence-electron chi connectivity index (χ2n) is 7.04. The van der Waals surface area contributed by atoms with Gasteiger partial charge in [-0.1, -0.05) is 12.8 Å². The van der Waals surface area contributed by atoms with Gasteiger partial charge in [0.05, 0.1) is 12.1 Å². The lowest BCUT2D eigenvalue weighted by molar-refractivity contribution is 0.0203. The number of hydrogen-bond donors (Lipinski definition) is 3. The summed E-state index contributed by atoms with van der Waals surface area (Å²) in [6, 6.07) is 0. The van der Waals surface area contributed by atoms with E-state index in [0.29, 0.717) is 12.5 Å². The van der Waals surface area contributed by atoms with Gasteiger partial charge in [-0.2, -0.15) is 0 Å². The first-order valence-electron chi connectivity index (χ1n) is 9.62. The average Bonchev–Trinajstić information content (AvgIpc) is 3.03. The molecule has 2 rings (SSSR count). The molecule has 0 aromatic rings. The number of hydrogen-bond acceptors (Lipinski definition) is 4. The van der Waals surface area contributed by atoms with Crippen molar-refractivity contribution in [1.82, 2.24) is 10.6 Å². The highest BCUT2D eigenvalue weighted by Gasteiger charge is 2.30. The van der Waals surface area contributed by atoms with E-state index in [4.69, 9.17) is 9.47 Å². The van der Waals surface area contributed by atoms with Gasteiger partial charge < -0.3 is 25.2 Å². The first kappa shape index (κ1) is 19.5. The Morgan fingerprint density at radius 1 is 1.25 bits per heavy atom. The average molecular weight is 341 g/mol. The zero-order valence-electron chi connectivity index (χ0n) is 15.2. The number of nitrogens with one attached hydrogen (secondary N) is 2. The number of aliphatic imine (C=N–C) groups is 1. The van der Waals surface area contributed by atoms with Crippen molar-refractivity contribution < 1.29 is 14.6 Å². The van der Waals surface area contributed by atoms with E-state index in [1.807, 2.05) is 0 Å². The molecule has 1 aliphatic carbocycles. The van der Waals surface area contributed by atoms with Gasteiger partial charge in [0, 0.05) is 39.5 Å². The van der Waals surface area contributed by atoms with Gasteiger partial charge in [0.25, 0.3) is 0 Å². The Morgan fingerprint density at radius 3 is 2.71 bits per heavy atom. The fourth-order valence-electron chi connectivity index (χ4n) is 3.30. The van der Waals surface area contributed by atoms with Gasteiger partial charge in [-0.3, -0.25) is 4.99 Å². The predicted molar refractivity (Wildman–Crippen MR) is 96.4 cm³/mol. The van der Waals surface area contributed by atoms with Crippen molar-refractivity contribution in [3.63, 3.8) is 0 Å². The molecular weight excluding hydrogens is 306 g/mol. The monoisotopic (exact) mass is 341 g/mol. The fourth-order valence-corrected chi connectivity index (χ4v) is 3.30. The topological polar surface area (TPSA) is 75.1 Å². The maximum Gasteiger partial charge on any atom is 0.191 e. The van der Waals surface area contributed by atoms with Gasteiger partial charge in [0.15, 0.2) is 5.96 Å². The molecule has 0 unspecified atom stereocenters. The van der Waals surface area contributed by atoms with Crippen molar-refractivity contribution in [1.29, 1.82) is 0 Å². The summed E-state index contributed by atoms with van der Waals surface area (Å²) in [6.45, 7) is 7.58. The molecule has 3 N–H and O–H groups in total. The third-order valence-corrected chi connectivity index (χ3v) is 4.86. The second kappa shape index (κ2) is 10.9. The van der Waals surface area contributed by atoms with Gasteiger partial charge in [0.1, 0.15) is 0 Å². The molecule has 0 amide bonds. The third kappa shape index (κ3) is 7.36. The van der Waals surface area contributed by atoms with Crippen molar-refractivity contribution >= 4 is 5.96 Å². The van der Waals surface area contributed by atoms with E-state index in [1.165, 1.54) is 0 Å². The molecule has 2 fully saturated rings. The van der Waals surface area contributed by atoms with Crippen LogP contribution in [0.15, 0.2) is 4.99 Å². The first-order chi connectivity index (χ1) is 11.7. The zero-order chi connectivity index (χ0) is 17.1. The van der Waals surface area contributed by atoms with E-state index in [1.54, 1.807) is 0 Å². The molecule has 140 valence electrons. The van der Waals surface area contributed by atoms with Crippen LogP contribution in [0.4, 0.5) is 0 Å².